The number of nitrogens with zero attached hydrogens (tertiary/aromatic N) is 2. The molecule has 1 unspecified atom stereocenters. The van der Waals surface area contributed by atoms with E-state index in [1.165, 1.54) is 17.7 Å². The van der Waals surface area contributed by atoms with Gasteiger partial charge in [0.15, 0.2) is 5.96 Å². The molecule has 7 heteroatoms. The average Bonchev–Trinajstić information content (AvgIpc) is 3.51. The van der Waals surface area contributed by atoms with Gasteiger partial charge >= 0.3 is 0 Å². The van der Waals surface area contributed by atoms with Crippen molar-refractivity contribution in [2.24, 2.45) is 4.99 Å². The van der Waals surface area contributed by atoms with Gasteiger partial charge in [-0.15, -0.1) is 11.3 Å². The molecular weight excluding hydrogens is 406 g/mol. The molecule has 0 radical (unpaired) electrons. The number of benzene rings is 1. The first-order chi connectivity index (χ1) is 15.2. The summed E-state index contributed by atoms with van der Waals surface area (Å²) in [7, 11) is 1.80. The Kier molecular flexibility index (Phi) is 9.37. The van der Waals surface area contributed by atoms with E-state index in [9.17, 15) is 4.79 Å². The Balaban J connectivity index is 1.49. The van der Waals surface area contributed by atoms with Gasteiger partial charge < -0.3 is 16.0 Å². The van der Waals surface area contributed by atoms with E-state index in [0.29, 0.717) is 18.2 Å². The fourth-order valence-electron chi connectivity index (χ4n) is 3.80. The standard InChI is InChI=1S/C24H35N5OS/c1-3-4-13-26-23(30)20-11-9-19(10-12-20)17-27-24(25-2)28-18-21(22-8-7-16-31-22)29-14-5-6-15-29/h7-12,16,21H,3-6,13-15,17-18H2,1-2H3,(H,26,30)(H2,25,27,28). The maximum Gasteiger partial charge on any atom is 0.251 e. The van der Waals surface area contributed by atoms with E-state index in [0.717, 1.165) is 50.5 Å². The number of aliphatic imine (C=N–C) groups is 1. The van der Waals surface area contributed by atoms with Crippen molar-refractivity contribution in [2.75, 3.05) is 33.2 Å². The number of hydrogen-bond donors (Lipinski definition) is 3. The number of guanidine groups is 1. The second kappa shape index (κ2) is 12.5. The Morgan fingerprint density at radius 3 is 2.55 bits per heavy atom. The van der Waals surface area contributed by atoms with Gasteiger partial charge in [-0.25, -0.2) is 0 Å². The van der Waals surface area contributed by atoms with Crippen LogP contribution < -0.4 is 16.0 Å². The molecule has 2 heterocycles. The fourth-order valence-corrected chi connectivity index (χ4v) is 4.66. The van der Waals surface area contributed by atoms with Crippen LogP contribution in [-0.2, 0) is 6.54 Å². The molecule has 31 heavy (non-hydrogen) atoms. The molecule has 3 rings (SSSR count). The van der Waals surface area contributed by atoms with Gasteiger partial charge in [0, 0.05) is 37.1 Å². The second-order valence-electron chi connectivity index (χ2n) is 7.89. The molecule has 1 aromatic heterocycles. The zero-order chi connectivity index (χ0) is 21.9. The van der Waals surface area contributed by atoms with Gasteiger partial charge in [0.1, 0.15) is 0 Å². The fraction of sp³-hybridized carbons (Fsp3) is 0.500. The molecule has 3 N–H and O–H groups in total. The molecule has 0 spiro atoms. The summed E-state index contributed by atoms with van der Waals surface area (Å²) in [5.41, 5.74) is 1.81. The van der Waals surface area contributed by atoms with Crippen LogP contribution in [0.2, 0.25) is 0 Å². The number of rotatable bonds is 10. The number of thiophene rings is 1. The van der Waals surface area contributed by atoms with Crippen molar-refractivity contribution in [3.05, 3.63) is 57.8 Å². The van der Waals surface area contributed by atoms with Crippen LogP contribution in [0.15, 0.2) is 46.8 Å². The average molecular weight is 442 g/mol. The Hall–Kier alpha value is -2.38. The summed E-state index contributed by atoms with van der Waals surface area (Å²) in [4.78, 5) is 20.5. The molecule has 1 atom stereocenters. The number of amides is 1. The largest absolute Gasteiger partial charge is 0.354 e. The predicted molar refractivity (Wildman–Crippen MR) is 130 cm³/mol. The van der Waals surface area contributed by atoms with Crippen LogP contribution in [0.25, 0.3) is 0 Å². The van der Waals surface area contributed by atoms with Gasteiger partial charge in [0.05, 0.1) is 6.04 Å². The number of hydrogen-bond acceptors (Lipinski definition) is 4. The zero-order valence-electron chi connectivity index (χ0n) is 18.7. The minimum atomic E-state index is -0.00744. The van der Waals surface area contributed by atoms with Crippen LogP contribution in [0, 0.1) is 0 Å². The highest BCUT2D eigenvalue weighted by Crippen LogP contribution is 2.27. The third-order valence-electron chi connectivity index (χ3n) is 5.63. The number of carbonyl (C=O) groups excluding carboxylic acids is 1. The molecule has 1 fully saturated rings. The third-order valence-corrected chi connectivity index (χ3v) is 6.61. The van der Waals surface area contributed by atoms with Crippen molar-refractivity contribution < 1.29 is 4.79 Å². The molecule has 6 nitrogen and oxygen atoms in total. The molecule has 0 bridgehead atoms. The molecule has 0 saturated carbocycles. The minimum absolute atomic E-state index is 0.00744. The number of nitrogens with one attached hydrogen (secondary N) is 3. The highest BCUT2D eigenvalue weighted by Gasteiger charge is 2.24. The van der Waals surface area contributed by atoms with Gasteiger partial charge in [0.25, 0.3) is 5.91 Å². The highest BCUT2D eigenvalue weighted by molar-refractivity contribution is 7.10. The Bertz CT molecular complexity index is 813. The summed E-state index contributed by atoms with van der Waals surface area (Å²) in [5, 5.41) is 12.0. The van der Waals surface area contributed by atoms with Gasteiger partial charge in [-0.2, -0.15) is 0 Å². The van der Waals surface area contributed by atoms with Crippen LogP contribution in [-0.4, -0.2) is 50.0 Å². The molecule has 1 amide bonds. The van der Waals surface area contributed by atoms with E-state index in [-0.39, 0.29) is 5.91 Å². The van der Waals surface area contributed by atoms with Crippen LogP contribution in [0.3, 0.4) is 0 Å². The van der Waals surface area contributed by atoms with E-state index >= 15 is 0 Å². The van der Waals surface area contributed by atoms with Crippen molar-refractivity contribution >= 4 is 23.2 Å². The number of carbonyl (C=O) groups is 1. The minimum Gasteiger partial charge on any atom is -0.354 e. The first-order valence-corrected chi connectivity index (χ1v) is 12.2. The SMILES string of the molecule is CCCCNC(=O)c1ccc(CNC(=NC)NCC(c2cccs2)N2CCCC2)cc1. The maximum atomic E-state index is 12.1. The number of likely N-dealkylation sites (tertiary alicyclic amines) is 1. The van der Waals surface area contributed by atoms with Crippen molar-refractivity contribution in [3.8, 4) is 0 Å². The van der Waals surface area contributed by atoms with Gasteiger partial charge in [-0.05, 0) is 61.5 Å². The lowest BCUT2D eigenvalue weighted by Gasteiger charge is -2.27. The van der Waals surface area contributed by atoms with Gasteiger partial charge in [-0.3, -0.25) is 14.7 Å². The van der Waals surface area contributed by atoms with E-state index in [2.05, 4.69) is 50.3 Å². The molecule has 1 aromatic carbocycles. The van der Waals surface area contributed by atoms with Crippen molar-refractivity contribution in [1.82, 2.24) is 20.9 Å². The van der Waals surface area contributed by atoms with Gasteiger partial charge in [0.2, 0.25) is 0 Å². The number of unbranched alkanes of at least 4 members (excludes halogenated alkanes) is 1. The molecule has 168 valence electrons. The second-order valence-corrected chi connectivity index (χ2v) is 8.87. The first-order valence-electron chi connectivity index (χ1n) is 11.3. The predicted octanol–water partition coefficient (Wildman–Crippen LogP) is 3.78. The van der Waals surface area contributed by atoms with E-state index in [4.69, 9.17) is 0 Å². The lowest BCUT2D eigenvalue weighted by Crippen LogP contribution is -2.42. The summed E-state index contributed by atoms with van der Waals surface area (Å²) in [6.07, 6.45) is 4.64. The quantitative estimate of drug-likeness (QED) is 0.298. The van der Waals surface area contributed by atoms with Gasteiger partial charge in [-0.1, -0.05) is 31.5 Å². The lowest BCUT2D eigenvalue weighted by molar-refractivity contribution is 0.0953. The topological polar surface area (TPSA) is 68.8 Å². The zero-order valence-corrected chi connectivity index (χ0v) is 19.5. The Labute approximate surface area is 190 Å². The molecule has 1 aliphatic rings. The summed E-state index contributed by atoms with van der Waals surface area (Å²) >= 11 is 1.82. The monoisotopic (exact) mass is 441 g/mol. The molecule has 2 aromatic rings. The van der Waals surface area contributed by atoms with E-state index in [1.54, 1.807) is 7.05 Å². The third kappa shape index (κ3) is 7.08. The maximum absolute atomic E-state index is 12.1. The molecule has 0 aliphatic carbocycles. The van der Waals surface area contributed by atoms with Crippen LogP contribution >= 0.6 is 11.3 Å². The molecular formula is C24H35N5OS. The molecule has 1 aliphatic heterocycles. The smallest absolute Gasteiger partial charge is 0.251 e. The summed E-state index contributed by atoms with van der Waals surface area (Å²) in [6.45, 7) is 6.65. The lowest BCUT2D eigenvalue weighted by atomic mass is 10.1. The summed E-state index contributed by atoms with van der Waals surface area (Å²) in [5.74, 6) is 0.786. The Morgan fingerprint density at radius 1 is 1.13 bits per heavy atom. The van der Waals surface area contributed by atoms with Crippen molar-refractivity contribution in [2.45, 2.75) is 45.2 Å². The van der Waals surface area contributed by atoms with E-state index < -0.39 is 0 Å². The van der Waals surface area contributed by atoms with Crippen LogP contribution in [0.1, 0.15) is 59.4 Å². The molecule has 1 saturated heterocycles. The normalized spacial score (nSPS) is 15.6. The van der Waals surface area contributed by atoms with E-state index in [1.807, 2.05) is 35.6 Å². The first kappa shape index (κ1) is 23.3. The van der Waals surface area contributed by atoms with Crippen molar-refractivity contribution in [3.63, 3.8) is 0 Å². The van der Waals surface area contributed by atoms with Crippen LogP contribution in [0.4, 0.5) is 0 Å². The van der Waals surface area contributed by atoms with Crippen LogP contribution in [0.5, 0.6) is 0 Å². The highest BCUT2D eigenvalue weighted by atomic mass is 32.1. The Morgan fingerprint density at radius 2 is 1.90 bits per heavy atom. The summed E-state index contributed by atoms with van der Waals surface area (Å²) < 4.78 is 0. The van der Waals surface area contributed by atoms with Crippen molar-refractivity contribution in [1.29, 1.82) is 0 Å². The summed E-state index contributed by atoms with van der Waals surface area (Å²) in [6, 6.07) is 12.5.